The van der Waals surface area contributed by atoms with Crippen molar-refractivity contribution in [3.63, 3.8) is 0 Å². The first-order chi connectivity index (χ1) is 9.79. The molecule has 0 amide bonds. The average Bonchev–Trinajstić information content (AvgIpc) is 2.99. The van der Waals surface area contributed by atoms with E-state index in [1.807, 2.05) is 0 Å². The molecule has 0 saturated carbocycles. The Kier molecular flexibility index (Phi) is 5.10. The zero-order valence-electron chi connectivity index (χ0n) is 14.7. The minimum atomic E-state index is 0.191. The molecule has 1 saturated heterocycles. The monoisotopic (exact) mass is 292 g/mol. The molecule has 0 aromatic carbocycles. The quantitative estimate of drug-likeness (QED) is 0.805. The van der Waals surface area contributed by atoms with Crippen LogP contribution in [0.15, 0.2) is 6.20 Å². The molecule has 4 heteroatoms. The van der Waals surface area contributed by atoms with Gasteiger partial charge in [0.2, 0.25) is 0 Å². The molecule has 1 aliphatic rings. The Bertz CT molecular complexity index is 455. The topological polar surface area (TPSA) is 24.3 Å². The molecule has 0 N–H and O–H groups in total. The summed E-state index contributed by atoms with van der Waals surface area (Å²) in [6, 6.07) is 0.431. The largest absolute Gasteiger partial charge is 0.302 e. The van der Waals surface area contributed by atoms with E-state index in [1.54, 1.807) is 0 Å². The molecule has 4 nitrogen and oxygen atoms in total. The highest BCUT2D eigenvalue weighted by molar-refractivity contribution is 5.16. The molecule has 1 aromatic rings. The maximum atomic E-state index is 4.63. The van der Waals surface area contributed by atoms with Gasteiger partial charge >= 0.3 is 0 Å². The Balaban J connectivity index is 2.00. The van der Waals surface area contributed by atoms with Crippen molar-refractivity contribution >= 4 is 0 Å². The van der Waals surface area contributed by atoms with Crippen molar-refractivity contribution in [3.8, 4) is 0 Å². The fraction of sp³-hybridized carbons (Fsp3) is 0.824. The van der Waals surface area contributed by atoms with Gasteiger partial charge in [0, 0.05) is 36.4 Å². The smallest absolute Gasteiger partial charge is 0.0638 e. The maximum Gasteiger partial charge on any atom is 0.0638 e. The lowest BCUT2D eigenvalue weighted by Crippen LogP contribution is -2.49. The summed E-state index contributed by atoms with van der Waals surface area (Å²) in [7, 11) is 2.24. The zero-order valence-corrected chi connectivity index (χ0v) is 14.7. The van der Waals surface area contributed by atoms with E-state index < -0.39 is 0 Å². The van der Waals surface area contributed by atoms with Gasteiger partial charge in [-0.2, -0.15) is 5.10 Å². The summed E-state index contributed by atoms with van der Waals surface area (Å²) in [5.41, 5.74) is 2.70. The molecule has 1 aromatic heterocycles. The Morgan fingerprint density at radius 1 is 1.29 bits per heavy atom. The standard InChI is InChI=1S/C17H32N4/c1-14(2)21-12-16(15(3)18-21)11-19(6)17(4,5)13-20-9-7-8-10-20/h12,14H,7-11,13H2,1-6H3. The van der Waals surface area contributed by atoms with Crippen LogP contribution in [0.1, 0.15) is 57.8 Å². The predicted molar refractivity (Wildman–Crippen MR) is 88.6 cm³/mol. The normalized spacial score (nSPS) is 17.3. The fourth-order valence-electron chi connectivity index (χ4n) is 3.02. The maximum absolute atomic E-state index is 4.63. The molecule has 2 rings (SSSR count). The second kappa shape index (κ2) is 6.49. The van der Waals surface area contributed by atoms with Crippen LogP contribution < -0.4 is 0 Å². The third kappa shape index (κ3) is 4.07. The summed E-state index contributed by atoms with van der Waals surface area (Å²) < 4.78 is 2.08. The minimum absolute atomic E-state index is 0.191. The molecule has 0 aliphatic carbocycles. The van der Waals surface area contributed by atoms with E-state index in [9.17, 15) is 0 Å². The lowest BCUT2D eigenvalue weighted by Gasteiger charge is -2.38. The molecule has 0 atom stereocenters. The van der Waals surface area contributed by atoms with Gasteiger partial charge < -0.3 is 4.90 Å². The summed E-state index contributed by atoms with van der Waals surface area (Å²) in [5.74, 6) is 0. The minimum Gasteiger partial charge on any atom is -0.302 e. The summed E-state index contributed by atoms with van der Waals surface area (Å²) >= 11 is 0. The molecule has 1 aliphatic heterocycles. The van der Waals surface area contributed by atoms with E-state index in [-0.39, 0.29) is 5.54 Å². The van der Waals surface area contributed by atoms with E-state index in [0.717, 1.165) is 18.8 Å². The van der Waals surface area contributed by atoms with Crippen molar-refractivity contribution in [3.05, 3.63) is 17.5 Å². The molecule has 0 spiro atoms. The number of nitrogens with zero attached hydrogens (tertiary/aromatic N) is 4. The van der Waals surface area contributed by atoms with Gasteiger partial charge in [-0.1, -0.05) is 0 Å². The summed E-state index contributed by atoms with van der Waals surface area (Å²) in [6.45, 7) is 15.8. The third-order valence-corrected chi connectivity index (χ3v) is 4.80. The predicted octanol–water partition coefficient (Wildman–Crippen LogP) is 3.08. The lowest BCUT2D eigenvalue weighted by molar-refractivity contribution is 0.102. The van der Waals surface area contributed by atoms with Gasteiger partial charge in [-0.05, 0) is 67.6 Å². The molecular weight excluding hydrogens is 260 g/mol. The second-order valence-corrected chi connectivity index (χ2v) is 7.47. The van der Waals surface area contributed by atoms with Gasteiger partial charge in [-0.3, -0.25) is 9.58 Å². The van der Waals surface area contributed by atoms with Gasteiger partial charge in [0.25, 0.3) is 0 Å². The van der Waals surface area contributed by atoms with Crippen molar-refractivity contribution < 1.29 is 0 Å². The Labute approximate surface area is 130 Å². The number of likely N-dealkylation sites (N-methyl/N-ethyl adjacent to an activating group) is 1. The highest BCUT2D eigenvalue weighted by Crippen LogP contribution is 2.21. The Hall–Kier alpha value is -0.870. The zero-order chi connectivity index (χ0) is 15.6. The first-order valence-corrected chi connectivity index (χ1v) is 8.28. The van der Waals surface area contributed by atoms with E-state index in [1.165, 1.54) is 31.5 Å². The molecule has 120 valence electrons. The third-order valence-electron chi connectivity index (χ3n) is 4.80. The van der Waals surface area contributed by atoms with Crippen LogP contribution in [0.2, 0.25) is 0 Å². The number of hydrogen-bond acceptors (Lipinski definition) is 3. The average molecular weight is 292 g/mol. The number of hydrogen-bond donors (Lipinski definition) is 0. The van der Waals surface area contributed by atoms with Gasteiger partial charge in [0.15, 0.2) is 0 Å². The van der Waals surface area contributed by atoms with Gasteiger partial charge in [-0.25, -0.2) is 0 Å². The summed E-state index contributed by atoms with van der Waals surface area (Å²) in [5, 5.41) is 4.63. The number of rotatable bonds is 6. The van der Waals surface area contributed by atoms with Crippen LogP contribution in [-0.2, 0) is 6.54 Å². The van der Waals surface area contributed by atoms with Crippen LogP contribution >= 0.6 is 0 Å². The molecule has 2 heterocycles. The first-order valence-electron chi connectivity index (χ1n) is 8.28. The highest BCUT2D eigenvalue weighted by atomic mass is 15.3. The van der Waals surface area contributed by atoms with Gasteiger partial charge in [-0.15, -0.1) is 0 Å². The van der Waals surface area contributed by atoms with Crippen molar-refractivity contribution in [1.82, 2.24) is 19.6 Å². The molecule has 1 fully saturated rings. The number of aromatic nitrogens is 2. The van der Waals surface area contributed by atoms with Crippen molar-refractivity contribution in [2.45, 2.75) is 65.6 Å². The molecular formula is C17H32N4. The van der Waals surface area contributed by atoms with Gasteiger partial charge in [0.1, 0.15) is 0 Å². The Morgan fingerprint density at radius 3 is 2.43 bits per heavy atom. The summed E-state index contributed by atoms with van der Waals surface area (Å²) in [4.78, 5) is 5.07. The molecule has 0 unspecified atom stereocenters. The Morgan fingerprint density at radius 2 is 1.90 bits per heavy atom. The molecule has 0 bridgehead atoms. The highest BCUT2D eigenvalue weighted by Gasteiger charge is 2.28. The molecule has 0 radical (unpaired) electrons. The molecule has 21 heavy (non-hydrogen) atoms. The van der Waals surface area contributed by atoms with Crippen molar-refractivity contribution in [1.29, 1.82) is 0 Å². The van der Waals surface area contributed by atoms with Crippen molar-refractivity contribution in [2.75, 3.05) is 26.7 Å². The van der Waals surface area contributed by atoms with Crippen molar-refractivity contribution in [2.24, 2.45) is 0 Å². The van der Waals surface area contributed by atoms with E-state index >= 15 is 0 Å². The van der Waals surface area contributed by atoms with E-state index in [4.69, 9.17) is 0 Å². The van der Waals surface area contributed by atoms with Crippen LogP contribution in [0.5, 0.6) is 0 Å². The van der Waals surface area contributed by atoms with Crippen LogP contribution in [0.25, 0.3) is 0 Å². The number of likely N-dealkylation sites (tertiary alicyclic amines) is 1. The lowest BCUT2D eigenvalue weighted by atomic mass is 10.0. The second-order valence-electron chi connectivity index (χ2n) is 7.47. The summed E-state index contributed by atoms with van der Waals surface area (Å²) in [6.07, 6.45) is 4.93. The van der Waals surface area contributed by atoms with Gasteiger partial charge in [0.05, 0.1) is 5.69 Å². The van der Waals surface area contributed by atoms with Crippen LogP contribution in [-0.4, -0.2) is 51.8 Å². The van der Waals surface area contributed by atoms with E-state index in [2.05, 4.69) is 67.4 Å². The SMILES string of the molecule is Cc1nn(C(C)C)cc1CN(C)C(C)(C)CN1CCCC1. The van der Waals surface area contributed by atoms with Crippen LogP contribution in [0, 0.1) is 6.92 Å². The van der Waals surface area contributed by atoms with Crippen LogP contribution in [0.3, 0.4) is 0 Å². The van der Waals surface area contributed by atoms with Crippen LogP contribution in [0.4, 0.5) is 0 Å². The first kappa shape index (κ1) is 16.5. The van der Waals surface area contributed by atoms with E-state index in [0.29, 0.717) is 6.04 Å². The number of aryl methyl sites for hydroxylation is 1. The fourth-order valence-corrected chi connectivity index (χ4v) is 3.02.